The number of carbonyl (C=O) groups excluding carboxylic acids is 1. The van der Waals surface area contributed by atoms with Crippen LogP contribution >= 0.6 is 11.6 Å². The van der Waals surface area contributed by atoms with E-state index in [1.54, 1.807) is 24.3 Å². The van der Waals surface area contributed by atoms with Gasteiger partial charge in [-0.15, -0.1) is 11.6 Å². The van der Waals surface area contributed by atoms with Crippen LogP contribution in [-0.2, 0) is 0 Å². The fourth-order valence-corrected chi connectivity index (χ4v) is 1.54. The first kappa shape index (κ1) is 12.2. The van der Waals surface area contributed by atoms with Gasteiger partial charge in [0, 0.05) is 5.56 Å². The van der Waals surface area contributed by atoms with Crippen molar-refractivity contribution in [3.63, 3.8) is 0 Å². The molecule has 4 heteroatoms. The minimum absolute atomic E-state index is 0.0760. The lowest BCUT2D eigenvalue weighted by Crippen LogP contribution is -2.21. The summed E-state index contributed by atoms with van der Waals surface area (Å²) >= 11 is 5.43. The SMILES string of the molecule is CC(=O)c1ccccc1C(O)C(O)CCl. The second-order valence-corrected chi connectivity index (χ2v) is 3.62. The lowest BCUT2D eigenvalue weighted by atomic mass is 9.97. The van der Waals surface area contributed by atoms with Crippen molar-refractivity contribution >= 4 is 17.4 Å². The van der Waals surface area contributed by atoms with E-state index in [9.17, 15) is 15.0 Å². The molecular weight excluding hydrogens is 216 g/mol. The van der Waals surface area contributed by atoms with Crippen molar-refractivity contribution in [2.75, 3.05) is 5.88 Å². The fraction of sp³-hybridized carbons (Fsp3) is 0.364. The predicted molar refractivity (Wildman–Crippen MR) is 58.1 cm³/mol. The Bertz CT molecular complexity index is 351. The third kappa shape index (κ3) is 2.78. The van der Waals surface area contributed by atoms with Gasteiger partial charge in [-0.25, -0.2) is 0 Å². The van der Waals surface area contributed by atoms with Crippen LogP contribution < -0.4 is 0 Å². The maximum Gasteiger partial charge on any atom is 0.160 e. The molecule has 0 aliphatic heterocycles. The summed E-state index contributed by atoms with van der Waals surface area (Å²) in [5.41, 5.74) is 0.826. The second kappa shape index (κ2) is 5.26. The van der Waals surface area contributed by atoms with Crippen molar-refractivity contribution < 1.29 is 15.0 Å². The van der Waals surface area contributed by atoms with Gasteiger partial charge in [0.05, 0.1) is 12.0 Å². The molecule has 15 heavy (non-hydrogen) atoms. The van der Waals surface area contributed by atoms with E-state index >= 15 is 0 Å². The number of aliphatic hydroxyl groups excluding tert-OH is 2. The number of benzene rings is 1. The zero-order valence-electron chi connectivity index (χ0n) is 8.35. The van der Waals surface area contributed by atoms with Crippen LogP contribution in [-0.4, -0.2) is 28.0 Å². The number of rotatable bonds is 4. The summed E-state index contributed by atoms with van der Waals surface area (Å²) < 4.78 is 0. The summed E-state index contributed by atoms with van der Waals surface area (Å²) in [4.78, 5) is 11.3. The van der Waals surface area contributed by atoms with Crippen molar-refractivity contribution in [1.82, 2.24) is 0 Å². The Labute approximate surface area is 93.3 Å². The van der Waals surface area contributed by atoms with E-state index in [1.165, 1.54) is 6.92 Å². The summed E-state index contributed by atoms with van der Waals surface area (Å²) in [6, 6.07) is 6.63. The lowest BCUT2D eigenvalue weighted by Gasteiger charge is -2.17. The van der Waals surface area contributed by atoms with Crippen molar-refractivity contribution in [1.29, 1.82) is 0 Å². The van der Waals surface area contributed by atoms with Gasteiger partial charge in [0.15, 0.2) is 5.78 Å². The molecule has 3 nitrogen and oxygen atoms in total. The quantitative estimate of drug-likeness (QED) is 0.607. The molecule has 0 aliphatic rings. The summed E-state index contributed by atoms with van der Waals surface area (Å²) in [6.45, 7) is 1.42. The van der Waals surface area contributed by atoms with E-state index in [0.29, 0.717) is 11.1 Å². The number of hydrogen-bond acceptors (Lipinski definition) is 3. The highest BCUT2D eigenvalue weighted by molar-refractivity contribution is 6.18. The fourth-order valence-electron chi connectivity index (χ4n) is 1.37. The predicted octanol–water partition coefficient (Wildman–Crippen LogP) is 1.52. The Hall–Kier alpha value is -0.900. The lowest BCUT2D eigenvalue weighted by molar-refractivity contribution is 0.0321. The van der Waals surface area contributed by atoms with Crippen molar-refractivity contribution in [2.45, 2.75) is 19.1 Å². The first-order valence-corrected chi connectivity index (χ1v) is 5.13. The normalized spacial score (nSPS) is 14.7. The van der Waals surface area contributed by atoms with Gasteiger partial charge in [-0.1, -0.05) is 24.3 Å². The number of carbonyl (C=O) groups is 1. The molecule has 0 spiro atoms. The maximum absolute atomic E-state index is 11.3. The van der Waals surface area contributed by atoms with Gasteiger partial charge in [0.25, 0.3) is 0 Å². The molecule has 82 valence electrons. The van der Waals surface area contributed by atoms with Crippen LogP contribution in [0, 0.1) is 0 Å². The largest absolute Gasteiger partial charge is 0.389 e. The Morgan fingerprint density at radius 2 is 2.00 bits per heavy atom. The van der Waals surface area contributed by atoms with Gasteiger partial charge in [-0.2, -0.15) is 0 Å². The summed E-state index contributed by atoms with van der Waals surface area (Å²) in [7, 11) is 0. The highest BCUT2D eigenvalue weighted by Gasteiger charge is 2.21. The van der Waals surface area contributed by atoms with Crippen molar-refractivity contribution in [2.24, 2.45) is 0 Å². The Morgan fingerprint density at radius 1 is 1.40 bits per heavy atom. The van der Waals surface area contributed by atoms with E-state index < -0.39 is 12.2 Å². The van der Waals surface area contributed by atoms with Gasteiger partial charge in [-0.3, -0.25) is 4.79 Å². The molecule has 0 amide bonds. The van der Waals surface area contributed by atoms with E-state index in [2.05, 4.69) is 0 Å². The number of Topliss-reactive ketones (excluding diaryl/α,β-unsaturated/α-hetero) is 1. The molecule has 0 saturated heterocycles. The third-order valence-electron chi connectivity index (χ3n) is 2.18. The first-order chi connectivity index (χ1) is 7.07. The van der Waals surface area contributed by atoms with Crippen LogP contribution in [0.5, 0.6) is 0 Å². The molecule has 0 bridgehead atoms. The molecule has 2 atom stereocenters. The molecule has 0 heterocycles. The van der Waals surface area contributed by atoms with E-state index in [1.807, 2.05) is 0 Å². The van der Waals surface area contributed by atoms with Gasteiger partial charge in [-0.05, 0) is 12.5 Å². The van der Waals surface area contributed by atoms with Crippen LogP contribution in [0.15, 0.2) is 24.3 Å². The van der Waals surface area contributed by atoms with Crippen LogP contribution in [0.25, 0.3) is 0 Å². The molecule has 2 N–H and O–H groups in total. The van der Waals surface area contributed by atoms with E-state index in [0.717, 1.165) is 0 Å². The molecule has 0 saturated carbocycles. The minimum Gasteiger partial charge on any atom is -0.389 e. The van der Waals surface area contributed by atoms with E-state index in [4.69, 9.17) is 11.6 Å². The molecule has 0 radical (unpaired) electrons. The van der Waals surface area contributed by atoms with E-state index in [-0.39, 0.29) is 11.7 Å². The molecule has 0 fully saturated rings. The Balaban J connectivity index is 3.07. The molecule has 0 aliphatic carbocycles. The smallest absolute Gasteiger partial charge is 0.160 e. The molecule has 0 aromatic heterocycles. The summed E-state index contributed by atoms with van der Waals surface area (Å²) in [5, 5.41) is 19.1. The van der Waals surface area contributed by atoms with Crippen LogP contribution in [0.2, 0.25) is 0 Å². The zero-order valence-corrected chi connectivity index (χ0v) is 9.11. The number of alkyl halides is 1. The second-order valence-electron chi connectivity index (χ2n) is 3.31. The summed E-state index contributed by atoms with van der Waals surface area (Å²) in [6.07, 6.45) is -2.19. The average molecular weight is 229 g/mol. The topological polar surface area (TPSA) is 57.5 Å². The van der Waals surface area contributed by atoms with Crippen LogP contribution in [0.4, 0.5) is 0 Å². The van der Waals surface area contributed by atoms with Gasteiger partial charge in [0.1, 0.15) is 6.10 Å². The number of halogens is 1. The van der Waals surface area contributed by atoms with Crippen LogP contribution in [0.3, 0.4) is 0 Å². The highest BCUT2D eigenvalue weighted by Crippen LogP contribution is 2.22. The molecule has 1 rings (SSSR count). The highest BCUT2D eigenvalue weighted by atomic mass is 35.5. The third-order valence-corrected chi connectivity index (χ3v) is 2.50. The zero-order chi connectivity index (χ0) is 11.4. The van der Waals surface area contributed by atoms with Gasteiger partial charge in [0.2, 0.25) is 0 Å². The molecular formula is C11H13ClO3. The number of aliphatic hydroxyl groups is 2. The Kier molecular flexibility index (Phi) is 4.27. The molecule has 1 aromatic carbocycles. The maximum atomic E-state index is 11.3. The first-order valence-electron chi connectivity index (χ1n) is 4.60. The molecule has 1 aromatic rings. The van der Waals surface area contributed by atoms with Gasteiger partial charge >= 0.3 is 0 Å². The number of ketones is 1. The van der Waals surface area contributed by atoms with Crippen molar-refractivity contribution in [3.8, 4) is 0 Å². The van der Waals surface area contributed by atoms with Crippen molar-refractivity contribution in [3.05, 3.63) is 35.4 Å². The minimum atomic E-state index is -1.12. The Morgan fingerprint density at radius 3 is 2.53 bits per heavy atom. The number of hydrogen-bond donors (Lipinski definition) is 2. The summed E-state index contributed by atoms with van der Waals surface area (Å²) in [5.74, 6) is -0.223. The average Bonchev–Trinajstić information content (AvgIpc) is 2.27. The van der Waals surface area contributed by atoms with Crippen LogP contribution in [0.1, 0.15) is 28.9 Å². The molecule has 2 unspecified atom stereocenters. The van der Waals surface area contributed by atoms with Gasteiger partial charge < -0.3 is 10.2 Å². The standard InChI is InChI=1S/C11H13ClO3/c1-7(13)8-4-2-3-5-9(8)11(15)10(14)6-12/h2-5,10-11,14-15H,6H2,1H3. The monoisotopic (exact) mass is 228 g/mol.